The van der Waals surface area contributed by atoms with E-state index in [2.05, 4.69) is 20.2 Å². The number of nitrogens with zero attached hydrogens (tertiary/aromatic N) is 4. The molecule has 0 radical (unpaired) electrons. The van der Waals surface area contributed by atoms with Crippen LogP contribution < -0.4 is 0 Å². The Labute approximate surface area is 82.2 Å². The maximum absolute atomic E-state index is 8.78. The molecule has 0 unspecified atom stereocenters. The van der Waals surface area contributed by atoms with Crippen molar-refractivity contribution in [2.75, 3.05) is 6.26 Å². The van der Waals surface area contributed by atoms with E-state index >= 15 is 0 Å². The number of hydrogen-bond donors (Lipinski definition) is 1. The molecule has 2 aromatic rings. The summed E-state index contributed by atoms with van der Waals surface area (Å²) in [4.78, 5) is 8.98. The predicted octanol–water partition coefficient (Wildman–Crippen LogP) is 0.695. The largest absolute Gasteiger partial charge is 0.388 e. The lowest BCUT2D eigenvalue weighted by Crippen LogP contribution is -1.96. The van der Waals surface area contributed by atoms with Crippen LogP contribution in [-0.4, -0.2) is 31.5 Å². The second-order valence-corrected chi connectivity index (χ2v) is 4.23. The summed E-state index contributed by atoms with van der Waals surface area (Å²) in [5.74, 6) is 0.337. The molecule has 68 valence electrons. The van der Waals surface area contributed by atoms with E-state index in [0.717, 1.165) is 9.17 Å². The maximum Gasteiger partial charge on any atom is 0.212 e. The fourth-order valence-corrected chi connectivity index (χ4v) is 2.20. The van der Waals surface area contributed by atoms with Gasteiger partial charge in [0.05, 0.1) is 0 Å². The smallest absolute Gasteiger partial charge is 0.212 e. The normalized spacial score (nSPS) is 10.9. The van der Waals surface area contributed by atoms with Crippen LogP contribution in [0.15, 0.2) is 4.34 Å². The summed E-state index contributed by atoms with van der Waals surface area (Å²) in [6.45, 7) is -0.185. The molecular formula is C6H6N4OS2. The number of thiazole rings is 1. The van der Waals surface area contributed by atoms with Crippen LogP contribution in [0.2, 0.25) is 0 Å². The quantitative estimate of drug-likeness (QED) is 0.742. The lowest BCUT2D eigenvalue weighted by atomic mass is 10.6. The minimum atomic E-state index is -0.185. The highest BCUT2D eigenvalue weighted by Gasteiger charge is 2.06. The van der Waals surface area contributed by atoms with E-state index in [-0.39, 0.29) is 6.61 Å². The fourth-order valence-electron chi connectivity index (χ4n) is 0.822. The van der Waals surface area contributed by atoms with Crippen molar-refractivity contribution in [1.29, 1.82) is 0 Å². The first-order valence-electron chi connectivity index (χ1n) is 3.48. The fraction of sp³-hybridized carbons (Fsp3) is 0.333. The maximum atomic E-state index is 8.78. The molecule has 5 nitrogen and oxygen atoms in total. The second kappa shape index (κ2) is 3.52. The summed E-state index contributed by atoms with van der Waals surface area (Å²) < 4.78 is 0.909. The standard InChI is InChI=1S/C6H6N4OS2/c1-12-6-8-4-5(13-6)7-3(2-11)9-10-4/h11H,2H2,1H3. The number of aromatic nitrogens is 4. The first-order chi connectivity index (χ1) is 6.33. The third-order valence-corrected chi connectivity index (χ3v) is 3.30. The molecule has 0 amide bonds. The summed E-state index contributed by atoms with van der Waals surface area (Å²) in [6.07, 6.45) is 1.94. The van der Waals surface area contributed by atoms with Crippen LogP contribution in [0.3, 0.4) is 0 Å². The zero-order valence-corrected chi connectivity index (χ0v) is 8.39. The highest BCUT2D eigenvalue weighted by molar-refractivity contribution is 8.00. The Morgan fingerprint density at radius 3 is 2.92 bits per heavy atom. The predicted molar refractivity (Wildman–Crippen MR) is 50.7 cm³/mol. The van der Waals surface area contributed by atoms with E-state index in [1.807, 2.05) is 6.26 Å². The van der Waals surface area contributed by atoms with Crippen molar-refractivity contribution in [1.82, 2.24) is 20.2 Å². The van der Waals surface area contributed by atoms with Crippen molar-refractivity contribution in [3.05, 3.63) is 5.82 Å². The monoisotopic (exact) mass is 214 g/mol. The van der Waals surface area contributed by atoms with Gasteiger partial charge in [0.25, 0.3) is 0 Å². The number of fused-ring (bicyclic) bond motifs is 1. The first-order valence-corrected chi connectivity index (χ1v) is 5.52. The molecular weight excluding hydrogens is 208 g/mol. The van der Waals surface area contributed by atoms with E-state index < -0.39 is 0 Å². The zero-order chi connectivity index (χ0) is 9.26. The van der Waals surface area contributed by atoms with Crippen LogP contribution in [0.4, 0.5) is 0 Å². The molecule has 0 fully saturated rings. The van der Waals surface area contributed by atoms with E-state index in [1.54, 1.807) is 11.8 Å². The minimum absolute atomic E-state index is 0.185. The van der Waals surface area contributed by atoms with E-state index in [0.29, 0.717) is 11.5 Å². The van der Waals surface area contributed by atoms with Gasteiger partial charge in [-0.3, -0.25) is 0 Å². The Hall–Kier alpha value is -0.790. The van der Waals surface area contributed by atoms with Gasteiger partial charge in [0.2, 0.25) is 5.65 Å². The molecule has 7 heteroatoms. The van der Waals surface area contributed by atoms with Crippen LogP contribution >= 0.6 is 23.1 Å². The number of hydrogen-bond acceptors (Lipinski definition) is 7. The minimum Gasteiger partial charge on any atom is -0.388 e. The van der Waals surface area contributed by atoms with Crippen LogP contribution in [0.25, 0.3) is 10.5 Å². The van der Waals surface area contributed by atoms with Crippen LogP contribution in [0, 0.1) is 0 Å². The summed E-state index contributed by atoms with van der Waals surface area (Å²) in [5, 5.41) is 16.3. The van der Waals surface area contributed by atoms with E-state index in [4.69, 9.17) is 5.11 Å². The number of thioether (sulfide) groups is 1. The van der Waals surface area contributed by atoms with Gasteiger partial charge in [-0.2, -0.15) is 0 Å². The topological polar surface area (TPSA) is 71.8 Å². The number of rotatable bonds is 2. The van der Waals surface area contributed by atoms with Gasteiger partial charge in [-0.25, -0.2) is 9.97 Å². The Kier molecular flexibility index (Phi) is 2.38. The Morgan fingerprint density at radius 2 is 2.23 bits per heavy atom. The van der Waals surface area contributed by atoms with Gasteiger partial charge in [0.15, 0.2) is 15.0 Å². The molecule has 2 rings (SSSR count). The SMILES string of the molecule is CSc1nc2nnc(CO)nc2s1. The number of aliphatic hydroxyl groups excluding tert-OH is 1. The van der Waals surface area contributed by atoms with Crippen molar-refractivity contribution >= 4 is 33.6 Å². The van der Waals surface area contributed by atoms with Gasteiger partial charge in [-0.05, 0) is 6.26 Å². The molecule has 2 aromatic heterocycles. The molecule has 0 saturated carbocycles. The van der Waals surface area contributed by atoms with Gasteiger partial charge in [0.1, 0.15) is 6.61 Å². The van der Waals surface area contributed by atoms with Crippen LogP contribution in [0.5, 0.6) is 0 Å². The third kappa shape index (κ3) is 1.62. The van der Waals surface area contributed by atoms with Crippen LogP contribution in [-0.2, 0) is 6.61 Å². The van der Waals surface area contributed by atoms with Crippen molar-refractivity contribution in [3.63, 3.8) is 0 Å². The van der Waals surface area contributed by atoms with Gasteiger partial charge in [-0.1, -0.05) is 23.1 Å². The molecule has 2 heterocycles. The van der Waals surface area contributed by atoms with Crippen molar-refractivity contribution in [2.45, 2.75) is 10.9 Å². The van der Waals surface area contributed by atoms with Gasteiger partial charge in [-0.15, -0.1) is 10.2 Å². The average molecular weight is 214 g/mol. The molecule has 0 saturated heterocycles. The summed E-state index contributed by atoms with van der Waals surface area (Å²) >= 11 is 3.00. The molecule has 1 N–H and O–H groups in total. The van der Waals surface area contributed by atoms with Crippen molar-refractivity contribution in [2.24, 2.45) is 0 Å². The first kappa shape index (κ1) is 8.79. The van der Waals surface area contributed by atoms with Gasteiger partial charge < -0.3 is 5.11 Å². The Morgan fingerprint density at radius 1 is 1.38 bits per heavy atom. The summed E-state index contributed by atoms with van der Waals surface area (Å²) in [7, 11) is 0. The summed E-state index contributed by atoms with van der Waals surface area (Å²) in [6, 6.07) is 0. The van der Waals surface area contributed by atoms with Gasteiger partial charge in [0, 0.05) is 0 Å². The Bertz CT molecular complexity index is 427. The van der Waals surface area contributed by atoms with Crippen molar-refractivity contribution in [3.8, 4) is 0 Å². The summed E-state index contributed by atoms with van der Waals surface area (Å²) in [5.41, 5.74) is 0.548. The highest BCUT2D eigenvalue weighted by Crippen LogP contribution is 2.24. The van der Waals surface area contributed by atoms with Gasteiger partial charge >= 0.3 is 0 Å². The van der Waals surface area contributed by atoms with Crippen LogP contribution in [0.1, 0.15) is 5.82 Å². The van der Waals surface area contributed by atoms with E-state index in [1.165, 1.54) is 11.3 Å². The average Bonchev–Trinajstić information content (AvgIpc) is 2.58. The molecule has 0 spiro atoms. The molecule has 0 aliphatic carbocycles. The third-order valence-electron chi connectivity index (χ3n) is 1.38. The molecule has 0 aromatic carbocycles. The zero-order valence-electron chi connectivity index (χ0n) is 6.76. The molecule has 0 bridgehead atoms. The molecule has 0 aliphatic rings. The highest BCUT2D eigenvalue weighted by atomic mass is 32.2. The lowest BCUT2D eigenvalue weighted by Gasteiger charge is -1.89. The van der Waals surface area contributed by atoms with Crippen molar-refractivity contribution < 1.29 is 5.11 Å². The Balaban J connectivity index is 2.57. The second-order valence-electron chi connectivity index (χ2n) is 2.20. The lowest BCUT2D eigenvalue weighted by molar-refractivity contribution is 0.270. The molecule has 13 heavy (non-hydrogen) atoms. The molecule has 0 aliphatic heterocycles. The number of aliphatic hydroxyl groups is 1. The van der Waals surface area contributed by atoms with E-state index in [9.17, 15) is 0 Å². The molecule has 0 atom stereocenters.